The molecule has 1 aromatic rings. The molecule has 0 saturated heterocycles. The maximum absolute atomic E-state index is 10.5. The van der Waals surface area contributed by atoms with Crippen molar-refractivity contribution in [2.24, 2.45) is 0 Å². The minimum Gasteiger partial charge on any atom is -0.508 e. The third kappa shape index (κ3) is 4.07. The van der Waals surface area contributed by atoms with Gasteiger partial charge in [0, 0.05) is 18.1 Å². The van der Waals surface area contributed by atoms with E-state index in [2.05, 4.69) is 6.58 Å². The van der Waals surface area contributed by atoms with Crippen LogP contribution in [0.3, 0.4) is 0 Å². The molecule has 0 amide bonds. The Bertz CT molecular complexity index is 463. The van der Waals surface area contributed by atoms with Gasteiger partial charge in [0.2, 0.25) is 0 Å². The first kappa shape index (κ1) is 14.0. The van der Waals surface area contributed by atoms with E-state index in [9.17, 15) is 15.0 Å². The zero-order chi connectivity index (χ0) is 13.5. The Kier molecular flexibility index (Phi) is 5.14. The summed E-state index contributed by atoms with van der Waals surface area (Å²) in [6.07, 6.45) is 4.01. The van der Waals surface area contributed by atoms with Crippen LogP contribution in [0.25, 0.3) is 6.08 Å². The Hall–Kier alpha value is -2.07. The molecule has 1 aromatic carbocycles. The molecular weight excluding hydrogens is 232 g/mol. The van der Waals surface area contributed by atoms with Gasteiger partial charge in [0.25, 0.3) is 0 Å². The van der Waals surface area contributed by atoms with Gasteiger partial charge in [-0.05, 0) is 24.1 Å². The van der Waals surface area contributed by atoms with Crippen molar-refractivity contribution in [1.29, 1.82) is 0 Å². The third-order valence-electron chi connectivity index (χ3n) is 2.47. The van der Waals surface area contributed by atoms with Crippen LogP contribution in [0.1, 0.15) is 17.5 Å². The van der Waals surface area contributed by atoms with Gasteiger partial charge in [0.05, 0.1) is 6.10 Å². The molecule has 0 fully saturated rings. The number of rotatable bonds is 6. The van der Waals surface area contributed by atoms with Crippen molar-refractivity contribution in [3.8, 4) is 5.75 Å². The van der Waals surface area contributed by atoms with E-state index in [1.165, 1.54) is 12.1 Å². The van der Waals surface area contributed by atoms with Crippen molar-refractivity contribution < 1.29 is 20.1 Å². The summed E-state index contributed by atoms with van der Waals surface area (Å²) in [5.74, 6) is -1.01. The number of carboxylic acid groups (broad SMARTS) is 1. The van der Waals surface area contributed by atoms with Crippen molar-refractivity contribution >= 4 is 12.0 Å². The number of carboxylic acids is 1. The normalized spacial score (nSPS) is 12.5. The van der Waals surface area contributed by atoms with E-state index >= 15 is 0 Å². The number of phenolic OH excluding ortho intramolecular Hbond substituents is 1. The van der Waals surface area contributed by atoms with Gasteiger partial charge < -0.3 is 15.3 Å². The Morgan fingerprint density at radius 3 is 2.78 bits per heavy atom. The first-order chi connectivity index (χ1) is 8.54. The number of carbonyl (C=O) groups is 1. The lowest BCUT2D eigenvalue weighted by Crippen LogP contribution is -2.10. The third-order valence-corrected chi connectivity index (χ3v) is 2.47. The summed E-state index contributed by atoms with van der Waals surface area (Å²) in [6, 6.07) is 4.82. The molecule has 0 unspecified atom stereocenters. The second-order valence-corrected chi connectivity index (χ2v) is 3.90. The molecule has 0 aromatic heterocycles. The number of aliphatic hydroxyl groups is 1. The van der Waals surface area contributed by atoms with E-state index < -0.39 is 12.1 Å². The van der Waals surface area contributed by atoms with Crippen molar-refractivity contribution in [3.05, 3.63) is 48.1 Å². The largest absolute Gasteiger partial charge is 0.508 e. The molecule has 0 aliphatic rings. The highest BCUT2D eigenvalue weighted by Gasteiger charge is 2.11. The fourth-order valence-corrected chi connectivity index (χ4v) is 1.64. The highest BCUT2D eigenvalue weighted by atomic mass is 16.4. The van der Waals surface area contributed by atoms with Crippen LogP contribution in [-0.4, -0.2) is 27.4 Å². The number of aliphatic hydroxyl groups excluding tert-OH is 1. The van der Waals surface area contributed by atoms with E-state index in [4.69, 9.17) is 5.11 Å². The fourth-order valence-electron chi connectivity index (χ4n) is 1.64. The first-order valence-electron chi connectivity index (χ1n) is 5.55. The van der Waals surface area contributed by atoms with Crippen LogP contribution in [0.5, 0.6) is 5.75 Å². The Morgan fingerprint density at radius 1 is 1.44 bits per heavy atom. The fraction of sp³-hybridized carbons (Fsp3) is 0.214. The number of benzene rings is 1. The van der Waals surface area contributed by atoms with Crippen molar-refractivity contribution in [1.82, 2.24) is 0 Å². The molecule has 96 valence electrons. The Morgan fingerprint density at radius 2 is 2.17 bits per heavy atom. The second-order valence-electron chi connectivity index (χ2n) is 3.90. The zero-order valence-electron chi connectivity index (χ0n) is 9.91. The minimum atomic E-state index is -1.06. The smallest absolute Gasteiger partial charge is 0.328 e. The predicted molar refractivity (Wildman–Crippen MR) is 69.3 cm³/mol. The molecule has 4 nitrogen and oxygen atoms in total. The Labute approximate surface area is 106 Å². The SMILES string of the molecule is C=CC[C@@H](O)Cc1c(O)cccc1/C=C/C(=O)O. The molecule has 0 heterocycles. The lowest BCUT2D eigenvalue weighted by atomic mass is 9.98. The van der Waals surface area contributed by atoms with Crippen LogP contribution in [-0.2, 0) is 11.2 Å². The molecule has 0 radical (unpaired) electrons. The monoisotopic (exact) mass is 248 g/mol. The average molecular weight is 248 g/mol. The van der Waals surface area contributed by atoms with Crippen molar-refractivity contribution in [2.45, 2.75) is 18.9 Å². The quantitative estimate of drug-likeness (QED) is 0.531. The topological polar surface area (TPSA) is 77.8 Å². The van der Waals surface area contributed by atoms with Crippen LogP contribution in [0.15, 0.2) is 36.9 Å². The lowest BCUT2D eigenvalue weighted by Gasteiger charge is -2.12. The molecular formula is C14H16O4. The summed E-state index contributed by atoms with van der Waals surface area (Å²) in [4.78, 5) is 10.5. The van der Waals surface area contributed by atoms with Crippen molar-refractivity contribution in [3.63, 3.8) is 0 Å². The lowest BCUT2D eigenvalue weighted by molar-refractivity contribution is -0.131. The maximum Gasteiger partial charge on any atom is 0.328 e. The summed E-state index contributed by atoms with van der Waals surface area (Å²) in [5.41, 5.74) is 1.12. The molecule has 1 rings (SSSR count). The number of aromatic hydroxyl groups is 1. The molecule has 18 heavy (non-hydrogen) atoms. The highest BCUT2D eigenvalue weighted by molar-refractivity contribution is 5.85. The first-order valence-corrected chi connectivity index (χ1v) is 5.55. The molecule has 0 saturated carbocycles. The summed E-state index contributed by atoms with van der Waals surface area (Å²) >= 11 is 0. The summed E-state index contributed by atoms with van der Waals surface area (Å²) in [5, 5.41) is 28.1. The van der Waals surface area contributed by atoms with Gasteiger partial charge in [0.15, 0.2) is 0 Å². The van der Waals surface area contributed by atoms with E-state index in [0.29, 0.717) is 17.5 Å². The molecule has 0 aliphatic heterocycles. The number of phenols is 1. The van der Waals surface area contributed by atoms with Gasteiger partial charge in [-0.3, -0.25) is 0 Å². The van der Waals surface area contributed by atoms with E-state index in [1.807, 2.05) is 0 Å². The maximum atomic E-state index is 10.5. The van der Waals surface area contributed by atoms with Crippen LogP contribution >= 0.6 is 0 Å². The molecule has 1 atom stereocenters. The van der Waals surface area contributed by atoms with Gasteiger partial charge in [-0.15, -0.1) is 6.58 Å². The summed E-state index contributed by atoms with van der Waals surface area (Å²) in [7, 11) is 0. The van der Waals surface area contributed by atoms with Gasteiger partial charge in [-0.2, -0.15) is 0 Å². The van der Waals surface area contributed by atoms with Crippen LogP contribution in [0, 0.1) is 0 Å². The predicted octanol–water partition coefficient (Wildman–Crippen LogP) is 1.97. The Balaban J connectivity index is 3.00. The molecule has 0 aliphatic carbocycles. The molecule has 0 spiro atoms. The summed E-state index contributed by atoms with van der Waals surface area (Å²) in [6.45, 7) is 3.53. The standard InChI is InChI=1S/C14H16O4/c1-2-4-11(15)9-12-10(7-8-14(17)18)5-3-6-13(12)16/h2-3,5-8,11,15-16H,1,4,9H2,(H,17,18)/b8-7+/t11-/m1/s1. The minimum absolute atomic E-state index is 0.0469. The van der Waals surface area contributed by atoms with Crippen molar-refractivity contribution in [2.75, 3.05) is 0 Å². The average Bonchev–Trinajstić information content (AvgIpc) is 2.30. The highest BCUT2D eigenvalue weighted by Crippen LogP contribution is 2.24. The van der Waals surface area contributed by atoms with Gasteiger partial charge in [-0.25, -0.2) is 4.79 Å². The zero-order valence-corrected chi connectivity index (χ0v) is 9.91. The number of hydrogen-bond acceptors (Lipinski definition) is 3. The van der Waals surface area contributed by atoms with Crippen LogP contribution in [0.2, 0.25) is 0 Å². The second kappa shape index (κ2) is 6.61. The molecule has 4 heteroatoms. The van der Waals surface area contributed by atoms with E-state index in [1.54, 1.807) is 18.2 Å². The number of hydrogen-bond donors (Lipinski definition) is 3. The van der Waals surface area contributed by atoms with Gasteiger partial charge in [0.1, 0.15) is 5.75 Å². The van der Waals surface area contributed by atoms with Crippen LogP contribution in [0.4, 0.5) is 0 Å². The molecule has 0 bridgehead atoms. The van der Waals surface area contributed by atoms with Crippen LogP contribution < -0.4 is 0 Å². The van der Waals surface area contributed by atoms with E-state index in [-0.39, 0.29) is 12.2 Å². The van der Waals surface area contributed by atoms with Gasteiger partial charge >= 0.3 is 5.97 Å². The number of aliphatic carboxylic acids is 1. The molecule has 3 N–H and O–H groups in total. The van der Waals surface area contributed by atoms with E-state index in [0.717, 1.165) is 6.08 Å². The van der Waals surface area contributed by atoms with Gasteiger partial charge in [-0.1, -0.05) is 18.2 Å². The summed E-state index contributed by atoms with van der Waals surface area (Å²) < 4.78 is 0.